The molecule has 112 valence electrons. The quantitative estimate of drug-likeness (QED) is 0.829. The smallest absolute Gasteiger partial charge is 0.229 e. The Bertz CT molecular complexity index is 562. The lowest BCUT2D eigenvalue weighted by atomic mass is 10.2. The van der Waals surface area contributed by atoms with Crippen LogP contribution < -0.4 is 10.2 Å². The van der Waals surface area contributed by atoms with E-state index >= 15 is 0 Å². The molecule has 0 unspecified atom stereocenters. The molecule has 2 aromatic rings. The summed E-state index contributed by atoms with van der Waals surface area (Å²) in [5, 5.41) is 3.30. The Labute approximate surface area is 127 Å². The Morgan fingerprint density at radius 1 is 1.05 bits per heavy atom. The molecule has 0 aliphatic heterocycles. The van der Waals surface area contributed by atoms with Gasteiger partial charge in [0.05, 0.1) is 0 Å². The molecule has 0 radical (unpaired) electrons. The molecule has 1 N–H and O–H groups in total. The number of hydrogen-bond donors (Lipinski definition) is 1. The topological polar surface area (TPSA) is 41.1 Å². The minimum atomic E-state index is 0.652. The molecule has 4 heteroatoms. The van der Waals surface area contributed by atoms with Crippen molar-refractivity contribution in [2.75, 3.05) is 23.3 Å². The zero-order chi connectivity index (χ0) is 15.1. The van der Waals surface area contributed by atoms with E-state index in [9.17, 15) is 0 Å². The number of benzene rings is 1. The van der Waals surface area contributed by atoms with Gasteiger partial charge in [0.25, 0.3) is 0 Å². The first kappa shape index (κ1) is 15.3. The molecule has 21 heavy (non-hydrogen) atoms. The molecule has 4 nitrogen and oxygen atoms in total. The van der Waals surface area contributed by atoms with Gasteiger partial charge in [0.2, 0.25) is 5.95 Å². The summed E-state index contributed by atoms with van der Waals surface area (Å²) in [5.74, 6) is 1.64. The first-order valence-electron chi connectivity index (χ1n) is 7.65. The first-order valence-corrected chi connectivity index (χ1v) is 7.65. The molecule has 0 fully saturated rings. The molecule has 0 amide bonds. The third kappa shape index (κ3) is 4.18. The van der Waals surface area contributed by atoms with Crippen LogP contribution in [0.15, 0.2) is 36.5 Å². The van der Waals surface area contributed by atoms with Gasteiger partial charge < -0.3 is 10.2 Å². The van der Waals surface area contributed by atoms with Gasteiger partial charge in [-0.3, -0.25) is 0 Å². The van der Waals surface area contributed by atoms with Crippen molar-refractivity contribution in [1.29, 1.82) is 0 Å². The molecular formula is C17H24N4. The van der Waals surface area contributed by atoms with Crippen LogP contribution in [0.5, 0.6) is 0 Å². The SMILES string of the molecule is CCCN(CCC)c1ccnc(Nc2ccccc2C)n1. The highest BCUT2D eigenvalue weighted by Gasteiger charge is 2.08. The van der Waals surface area contributed by atoms with Crippen molar-refractivity contribution in [1.82, 2.24) is 9.97 Å². The van der Waals surface area contributed by atoms with Gasteiger partial charge in [0, 0.05) is 25.0 Å². The summed E-state index contributed by atoms with van der Waals surface area (Å²) in [5.41, 5.74) is 2.23. The van der Waals surface area contributed by atoms with E-state index in [1.165, 1.54) is 5.56 Å². The lowest BCUT2D eigenvalue weighted by Crippen LogP contribution is -2.26. The van der Waals surface area contributed by atoms with Crippen molar-refractivity contribution in [2.24, 2.45) is 0 Å². The molecule has 1 heterocycles. The van der Waals surface area contributed by atoms with Crippen molar-refractivity contribution >= 4 is 17.5 Å². The predicted octanol–water partition coefficient (Wildman–Crippen LogP) is 4.16. The third-order valence-corrected chi connectivity index (χ3v) is 3.34. The van der Waals surface area contributed by atoms with E-state index in [2.05, 4.69) is 47.0 Å². The minimum absolute atomic E-state index is 0.652. The van der Waals surface area contributed by atoms with Crippen LogP contribution in [0.25, 0.3) is 0 Å². The maximum atomic E-state index is 4.65. The number of anilines is 3. The summed E-state index contributed by atoms with van der Waals surface area (Å²) in [6.45, 7) is 8.50. The summed E-state index contributed by atoms with van der Waals surface area (Å²) >= 11 is 0. The molecule has 0 saturated heterocycles. The van der Waals surface area contributed by atoms with E-state index in [-0.39, 0.29) is 0 Å². The molecule has 1 aromatic heterocycles. The third-order valence-electron chi connectivity index (χ3n) is 3.34. The minimum Gasteiger partial charge on any atom is -0.356 e. The van der Waals surface area contributed by atoms with E-state index in [1.807, 2.05) is 30.5 Å². The van der Waals surface area contributed by atoms with Crippen LogP contribution in [-0.2, 0) is 0 Å². The monoisotopic (exact) mass is 284 g/mol. The highest BCUT2D eigenvalue weighted by molar-refractivity contribution is 5.59. The molecule has 2 rings (SSSR count). The largest absolute Gasteiger partial charge is 0.356 e. The average Bonchev–Trinajstić information content (AvgIpc) is 2.50. The summed E-state index contributed by atoms with van der Waals surface area (Å²) in [7, 11) is 0. The van der Waals surface area contributed by atoms with Gasteiger partial charge in [-0.25, -0.2) is 4.98 Å². The number of hydrogen-bond acceptors (Lipinski definition) is 4. The number of nitrogens with zero attached hydrogens (tertiary/aromatic N) is 3. The molecule has 0 atom stereocenters. The first-order chi connectivity index (χ1) is 10.2. The van der Waals surface area contributed by atoms with Crippen molar-refractivity contribution in [3.63, 3.8) is 0 Å². The van der Waals surface area contributed by atoms with E-state index in [0.29, 0.717) is 5.95 Å². The number of aryl methyl sites for hydroxylation is 1. The van der Waals surface area contributed by atoms with Crippen molar-refractivity contribution in [3.8, 4) is 0 Å². The summed E-state index contributed by atoms with van der Waals surface area (Å²) in [6, 6.07) is 10.1. The standard InChI is InChI=1S/C17H24N4/c1-4-12-21(13-5-2)16-10-11-18-17(20-16)19-15-9-7-6-8-14(15)3/h6-11H,4-5,12-13H2,1-3H3,(H,18,19,20). The fourth-order valence-corrected chi connectivity index (χ4v) is 2.30. The lowest BCUT2D eigenvalue weighted by Gasteiger charge is -2.22. The van der Waals surface area contributed by atoms with Gasteiger partial charge in [-0.05, 0) is 37.5 Å². The summed E-state index contributed by atoms with van der Waals surface area (Å²) in [4.78, 5) is 11.3. The fourth-order valence-electron chi connectivity index (χ4n) is 2.30. The fraction of sp³-hybridized carbons (Fsp3) is 0.412. The zero-order valence-corrected chi connectivity index (χ0v) is 13.1. The van der Waals surface area contributed by atoms with Crippen LogP contribution in [-0.4, -0.2) is 23.1 Å². The van der Waals surface area contributed by atoms with E-state index in [1.54, 1.807) is 0 Å². The lowest BCUT2D eigenvalue weighted by molar-refractivity contribution is 0.733. The van der Waals surface area contributed by atoms with Crippen LogP contribution in [0.3, 0.4) is 0 Å². The van der Waals surface area contributed by atoms with Crippen molar-refractivity contribution < 1.29 is 0 Å². The predicted molar refractivity (Wildman–Crippen MR) is 89.3 cm³/mol. The van der Waals surface area contributed by atoms with E-state index < -0.39 is 0 Å². The number of nitrogens with one attached hydrogen (secondary N) is 1. The van der Waals surface area contributed by atoms with Gasteiger partial charge in [0.1, 0.15) is 5.82 Å². The summed E-state index contributed by atoms with van der Waals surface area (Å²) in [6.07, 6.45) is 4.05. The normalized spacial score (nSPS) is 10.4. The van der Waals surface area contributed by atoms with Crippen molar-refractivity contribution in [3.05, 3.63) is 42.1 Å². The highest BCUT2D eigenvalue weighted by Crippen LogP contribution is 2.19. The number of para-hydroxylation sites is 1. The Morgan fingerprint density at radius 2 is 1.76 bits per heavy atom. The summed E-state index contributed by atoms with van der Waals surface area (Å²) < 4.78 is 0. The molecule has 0 spiro atoms. The number of aromatic nitrogens is 2. The Kier molecular flexibility index (Phi) is 5.55. The van der Waals surface area contributed by atoms with Crippen LogP contribution in [0.2, 0.25) is 0 Å². The zero-order valence-electron chi connectivity index (χ0n) is 13.1. The highest BCUT2D eigenvalue weighted by atomic mass is 15.2. The van der Waals surface area contributed by atoms with Crippen LogP contribution >= 0.6 is 0 Å². The molecule has 0 saturated carbocycles. The molecule has 0 aliphatic rings. The van der Waals surface area contributed by atoms with E-state index in [0.717, 1.165) is 37.4 Å². The maximum absolute atomic E-state index is 4.65. The van der Waals surface area contributed by atoms with E-state index in [4.69, 9.17) is 0 Å². The van der Waals surface area contributed by atoms with Gasteiger partial charge in [-0.15, -0.1) is 0 Å². The van der Waals surface area contributed by atoms with Gasteiger partial charge >= 0.3 is 0 Å². The molecule has 1 aromatic carbocycles. The average molecular weight is 284 g/mol. The van der Waals surface area contributed by atoms with Crippen LogP contribution in [0.1, 0.15) is 32.3 Å². The molecule has 0 bridgehead atoms. The van der Waals surface area contributed by atoms with Gasteiger partial charge in [-0.1, -0.05) is 32.0 Å². The second-order valence-corrected chi connectivity index (χ2v) is 5.17. The molecular weight excluding hydrogens is 260 g/mol. The Balaban J connectivity index is 2.18. The van der Waals surface area contributed by atoms with Crippen LogP contribution in [0.4, 0.5) is 17.5 Å². The number of rotatable bonds is 7. The van der Waals surface area contributed by atoms with Gasteiger partial charge in [0.15, 0.2) is 0 Å². The Hall–Kier alpha value is -2.10. The molecule has 0 aliphatic carbocycles. The second kappa shape index (κ2) is 7.62. The second-order valence-electron chi connectivity index (χ2n) is 5.17. The maximum Gasteiger partial charge on any atom is 0.229 e. The van der Waals surface area contributed by atoms with Crippen molar-refractivity contribution in [2.45, 2.75) is 33.6 Å². The van der Waals surface area contributed by atoms with Crippen LogP contribution in [0, 0.1) is 6.92 Å². The van der Waals surface area contributed by atoms with Gasteiger partial charge in [-0.2, -0.15) is 4.98 Å². The Morgan fingerprint density at radius 3 is 2.43 bits per heavy atom.